The molecule has 0 bridgehead atoms. The van der Waals surface area contributed by atoms with Gasteiger partial charge < -0.3 is 6.16 Å². The maximum atomic E-state index is 10.5. The molecule has 0 aromatic heterocycles. The van der Waals surface area contributed by atoms with Gasteiger partial charge in [-0.1, -0.05) is 13.8 Å². The van der Waals surface area contributed by atoms with Gasteiger partial charge in [-0.05, 0) is 6.92 Å². The van der Waals surface area contributed by atoms with Gasteiger partial charge in [0.25, 0.3) is 0 Å². The number of hydrogen-bond acceptors (Lipinski definition) is 2. The molecule has 0 aliphatic rings. The van der Waals surface area contributed by atoms with Crippen LogP contribution in [0.2, 0.25) is 0 Å². The standard InChI is InChI=1S/C6H12O2.Na.H/c1-4-8-6(7)5(2)3;;/h5H,4H2,1-3H3;;/q;+1;-1. The van der Waals surface area contributed by atoms with Gasteiger partial charge in [0.2, 0.25) is 0 Å². The van der Waals surface area contributed by atoms with Crippen molar-refractivity contribution in [1.29, 1.82) is 0 Å². The summed E-state index contributed by atoms with van der Waals surface area (Å²) >= 11 is 0. The zero-order valence-corrected chi connectivity index (χ0v) is 8.60. The first kappa shape index (κ1) is 12.2. The Labute approximate surface area is 79.7 Å². The Morgan fingerprint density at radius 3 is 2.22 bits per heavy atom. The third-order valence-corrected chi connectivity index (χ3v) is 0.758. The van der Waals surface area contributed by atoms with Crippen LogP contribution in [-0.4, -0.2) is 12.6 Å². The molecule has 9 heavy (non-hydrogen) atoms. The van der Waals surface area contributed by atoms with Crippen molar-refractivity contribution in [3.05, 3.63) is 0 Å². The summed E-state index contributed by atoms with van der Waals surface area (Å²) in [5, 5.41) is 0. The van der Waals surface area contributed by atoms with Crippen molar-refractivity contribution in [1.82, 2.24) is 0 Å². The second-order valence-corrected chi connectivity index (χ2v) is 1.91. The van der Waals surface area contributed by atoms with Crippen LogP contribution < -0.4 is 29.6 Å². The van der Waals surface area contributed by atoms with E-state index in [1.54, 1.807) is 6.92 Å². The van der Waals surface area contributed by atoms with Gasteiger partial charge in [-0.3, -0.25) is 4.79 Å². The molecule has 0 amide bonds. The van der Waals surface area contributed by atoms with Crippen LogP contribution in [-0.2, 0) is 9.53 Å². The van der Waals surface area contributed by atoms with Crippen molar-refractivity contribution < 1.29 is 40.5 Å². The van der Waals surface area contributed by atoms with Gasteiger partial charge in [-0.25, -0.2) is 0 Å². The minimum absolute atomic E-state index is 0. The molecule has 0 saturated carbocycles. The van der Waals surface area contributed by atoms with Gasteiger partial charge in [0.15, 0.2) is 0 Å². The second-order valence-electron chi connectivity index (χ2n) is 1.91. The van der Waals surface area contributed by atoms with Crippen LogP contribution in [0.3, 0.4) is 0 Å². The number of esters is 1. The molecule has 0 fully saturated rings. The predicted molar refractivity (Wildman–Crippen MR) is 32.6 cm³/mol. The number of ether oxygens (including phenoxy) is 1. The van der Waals surface area contributed by atoms with Crippen LogP contribution in [0, 0.1) is 5.92 Å². The number of carbonyl (C=O) groups excluding carboxylic acids is 1. The van der Waals surface area contributed by atoms with Crippen molar-refractivity contribution in [3.63, 3.8) is 0 Å². The molecule has 0 spiro atoms. The monoisotopic (exact) mass is 140 g/mol. The van der Waals surface area contributed by atoms with E-state index in [-0.39, 0.29) is 42.9 Å². The molecule has 0 aliphatic heterocycles. The first-order valence-corrected chi connectivity index (χ1v) is 2.85. The first-order chi connectivity index (χ1) is 3.68. The fourth-order valence-electron chi connectivity index (χ4n) is 0.309. The normalized spacial score (nSPS) is 8.44. The summed E-state index contributed by atoms with van der Waals surface area (Å²) in [6.45, 7) is 5.92. The summed E-state index contributed by atoms with van der Waals surface area (Å²) in [4.78, 5) is 10.5. The van der Waals surface area contributed by atoms with Crippen LogP contribution in [0.25, 0.3) is 0 Å². The number of carbonyl (C=O) groups is 1. The molecule has 2 nitrogen and oxygen atoms in total. The van der Waals surface area contributed by atoms with E-state index in [0.29, 0.717) is 6.61 Å². The van der Waals surface area contributed by atoms with Crippen molar-refractivity contribution in [3.8, 4) is 0 Å². The van der Waals surface area contributed by atoms with Crippen molar-refractivity contribution in [2.45, 2.75) is 20.8 Å². The van der Waals surface area contributed by atoms with Gasteiger partial charge in [0.1, 0.15) is 0 Å². The van der Waals surface area contributed by atoms with E-state index in [2.05, 4.69) is 4.74 Å². The third-order valence-electron chi connectivity index (χ3n) is 0.758. The van der Waals surface area contributed by atoms with Crippen LogP contribution in [0.5, 0.6) is 0 Å². The molecule has 0 aliphatic carbocycles. The largest absolute Gasteiger partial charge is 1.00 e. The average Bonchev–Trinajstić information content (AvgIpc) is 1.67. The van der Waals surface area contributed by atoms with Crippen molar-refractivity contribution in [2.24, 2.45) is 5.92 Å². The molecule has 50 valence electrons. The molecule has 0 heterocycles. The van der Waals surface area contributed by atoms with E-state index in [4.69, 9.17) is 0 Å². The summed E-state index contributed by atoms with van der Waals surface area (Å²) in [5.74, 6) is -0.109. The molecule has 0 N–H and O–H groups in total. The topological polar surface area (TPSA) is 26.3 Å². The maximum absolute atomic E-state index is 10.5. The summed E-state index contributed by atoms with van der Waals surface area (Å²) in [6.07, 6.45) is 0. The number of hydrogen-bond donors (Lipinski definition) is 0. The van der Waals surface area contributed by atoms with E-state index in [9.17, 15) is 4.79 Å². The van der Waals surface area contributed by atoms with Gasteiger partial charge in [-0.2, -0.15) is 0 Å². The van der Waals surface area contributed by atoms with Crippen LogP contribution in [0.1, 0.15) is 22.2 Å². The smallest absolute Gasteiger partial charge is 1.00 e. The molecule has 0 unspecified atom stereocenters. The van der Waals surface area contributed by atoms with E-state index in [1.807, 2.05) is 13.8 Å². The zero-order chi connectivity index (χ0) is 6.57. The van der Waals surface area contributed by atoms with Gasteiger partial charge in [0, 0.05) is 0 Å². The van der Waals surface area contributed by atoms with Crippen molar-refractivity contribution in [2.75, 3.05) is 6.61 Å². The van der Waals surface area contributed by atoms with Crippen molar-refractivity contribution >= 4 is 5.97 Å². The van der Waals surface area contributed by atoms with Gasteiger partial charge in [0.05, 0.1) is 12.5 Å². The summed E-state index contributed by atoms with van der Waals surface area (Å²) in [7, 11) is 0. The molecule has 0 rings (SSSR count). The Morgan fingerprint density at radius 1 is 1.67 bits per heavy atom. The summed E-state index contributed by atoms with van der Waals surface area (Å²) in [5.41, 5.74) is 0. The Bertz CT molecular complexity index is 85.8. The molecular weight excluding hydrogens is 127 g/mol. The summed E-state index contributed by atoms with van der Waals surface area (Å²) in [6, 6.07) is 0. The Balaban J connectivity index is -0.000000245. The van der Waals surface area contributed by atoms with E-state index in [0.717, 1.165) is 0 Å². The number of rotatable bonds is 2. The quantitative estimate of drug-likeness (QED) is 0.338. The van der Waals surface area contributed by atoms with Crippen LogP contribution >= 0.6 is 0 Å². The Hall–Kier alpha value is 0.470. The fraction of sp³-hybridized carbons (Fsp3) is 0.833. The second kappa shape index (κ2) is 6.59. The van der Waals surface area contributed by atoms with Gasteiger partial charge in [-0.15, -0.1) is 0 Å². The zero-order valence-electron chi connectivity index (χ0n) is 7.60. The van der Waals surface area contributed by atoms with E-state index >= 15 is 0 Å². The summed E-state index contributed by atoms with van der Waals surface area (Å²) < 4.78 is 4.66. The van der Waals surface area contributed by atoms with E-state index in [1.165, 1.54) is 0 Å². The molecule has 0 aromatic carbocycles. The maximum Gasteiger partial charge on any atom is 1.00 e. The predicted octanol–water partition coefficient (Wildman–Crippen LogP) is -1.68. The minimum Gasteiger partial charge on any atom is -1.00 e. The molecule has 3 heteroatoms. The fourth-order valence-corrected chi connectivity index (χ4v) is 0.309. The SMILES string of the molecule is CCOC(=O)C(C)C.[H-].[Na+]. The molecule has 0 radical (unpaired) electrons. The molecule has 0 atom stereocenters. The average molecular weight is 140 g/mol. The molecular formula is C6H13NaO2. The van der Waals surface area contributed by atoms with Crippen LogP contribution in [0.4, 0.5) is 0 Å². The van der Waals surface area contributed by atoms with E-state index < -0.39 is 0 Å². The third kappa shape index (κ3) is 6.35. The minimum atomic E-state index is -0.118. The first-order valence-electron chi connectivity index (χ1n) is 2.85. The Kier molecular flexibility index (Phi) is 8.91. The van der Waals surface area contributed by atoms with Gasteiger partial charge >= 0.3 is 35.5 Å². The Morgan fingerprint density at radius 2 is 2.11 bits per heavy atom. The molecule has 0 aromatic rings. The van der Waals surface area contributed by atoms with Crippen LogP contribution in [0.15, 0.2) is 0 Å². The molecule has 0 saturated heterocycles.